The normalized spacial score (nSPS) is 13.3. The number of benzene rings is 2. The Morgan fingerprint density at radius 3 is 2.96 bits per heavy atom. The highest BCUT2D eigenvalue weighted by Crippen LogP contribution is 2.36. The molecule has 1 aromatic heterocycles. The third-order valence-electron chi connectivity index (χ3n) is 3.88. The number of rotatable bonds is 5. The predicted molar refractivity (Wildman–Crippen MR) is 104 cm³/mol. The molecule has 1 amide bonds. The monoisotopic (exact) mass is 402 g/mol. The molecule has 0 spiro atoms. The van der Waals surface area contributed by atoms with Gasteiger partial charge >= 0.3 is 0 Å². The van der Waals surface area contributed by atoms with E-state index < -0.39 is 6.10 Å². The average Bonchev–Trinajstić information content (AvgIpc) is 3.30. The number of hydrogen-bond donors (Lipinski definition) is 1. The lowest BCUT2D eigenvalue weighted by atomic mass is 10.1. The summed E-state index contributed by atoms with van der Waals surface area (Å²) in [6.45, 7) is 1.89. The Hall–Kier alpha value is -2.77. The molecule has 6 nitrogen and oxygen atoms in total. The van der Waals surface area contributed by atoms with Crippen LogP contribution in [0.25, 0.3) is 11.3 Å². The van der Waals surface area contributed by atoms with Crippen molar-refractivity contribution in [3.8, 4) is 28.5 Å². The van der Waals surface area contributed by atoms with Gasteiger partial charge in [0.05, 0.1) is 5.69 Å². The first-order valence-corrected chi connectivity index (χ1v) is 9.43. The van der Waals surface area contributed by atoms with Crippen LogP contribution in [-0.2, 0) is 4.79 Å². The number of carbonyl (C=O) groups is 1. The molecule has 2 heterocycles. The minimum atomic E-state index is -0.693. The number of nitrogens with one attached hydrogen (secondary N) is 1. The molecule has 0 aliphatic carbocycles. The van der Waals surface area contributed by atoms with E-state index in [4.69, 9.17) is 25.8 Å². The number of aromatic nitrogens is 1. The topological polar surface area (TPSA) is 69.7 Å². The van der Waals surface area contributed by atoms with Gasteiger partial charge in [-0.15, -0.1) is 11.3 Å². The number of thiazole rings is 1. The van der Waals surface area contributed by atoms with Crippen LogP contribution >= 0.6 is 22.9 Å². The number of nitrogens with zero attached hydrogens (tertiary/aromatic N) is 1. The van der Waals surface area contributed by atoms with Crippen LogP contribution in [0, 0.1) is 0 Å². The molecule has 1 N–H and O–H groups in total. The lowest BCUT2D eigenvalue weighted by Gasteiger charge is -2.13. The average molecular weight is 403 g/mol. The highest BCUT2D eigenvalue weighted by molar-refractivity contribution is 7.14. The number of halogens is 1. The van der Waals surface area contributed by atoms with Crippen LogP contribution < -0.4 is 19.5 Å². The van der Waals surface area contributed by atoms with E-state index in [-0.39, 0.29) is 12.7 Å². The van der Waals surface area contributed by atoms with Gasteiger partial charge in [-0.2, -0.15) is 0 Å². The van der Waals surface area contributed by atoms with E-state index in [1.807, 2.05) is 23.6 Å². The number of amides is 1. The minimum absolute atomic E-state index is 0.224. The SMILES string of the molecule is CC(Oc1cccc(Cl)c1)C(=O)Nc1nc(-c2ccc3c(c2)OCO3)cs1. The van der Waals surface area contributed by atoms with Crippen molar-refractivity contribution in [2.75, 3.05) is 12.1 Å². The maximum Gasteiger partial charge on any atom is 0.266 e. The van der Waals surface area contributed by atoms with Crippen LogP contribution in [0.5, 0.6) is 17.2 Å². The van der Waals surface area contributed by atoms with E-state index in [2.05, 4.69) is 10.3 Å². The fourth-order valence-corrected chi connectivity index (χ4v) is 3.43. The summed E-state index contributed by atoms with van der Waals surface area (Å²) in [7, 11) is 0. The van der Waals surface area contributed by atoms with Crippen molar-refractivity contribution in [2.24, 2.45) is 0 Å². The highest BCUT2D eigenvalue weighted by atomic mass is 35.5. The molecule has 1 atom stereocenters. The highest BCUT2D eigenvalue weighted by Gasteiger charge is 2.18. The zero-order valence-electron chi connectivity index (χ0n) is 14.3. The van der Waals surface area contributed by atoms with Gasteiger partial charge in [-0.1, -0.05) is 17.7 Å². The first-order valence-electron chi connectivity index (χ1n) is 8.17. The van der Waals surface area contributed by atoms with Crippen molar-refractivity contribution < 1.29 is 19.0 Å². The summed E-state index contributed by atoms with van der Waals surface area (Å²) < 4.78 is 16.3. The zero-order valence-corrected chi connectivity index (χ0v) is 15.8. The van der Waals surface area contributed by atoms with E-state index >= 15 is 0 Å². The summed E-state index contributed by atoms with van der Waals surface area (Å²) in [5, 5.41) is 5.69. The third kappa shape index (κ3) is 3.99. The Labute approximate surface area is 164 Å². The largest absolute Gasteiger partial charge is 0.481 e. The Morgan fingerprint density at radius 1 is 1.26 bits per heavy atom. The minimum Gasteiger partial charge on any atom is -0.481 e. The van der Waals surface area contributed by atoms with Crippen molar-refractivity contribution in [3.05, 3.63) is 52.9 Å². The Morgan fingerprint density at radius 2 is 2.11 bits per heavy atom. The van der Waals surface area contributed by atoms with Gasteiger partial charge in [0.1, 0.15) is 5.75 Å². The summed E-state index contributed by atoms with van der Waals surface area (Å²) in [4.78, 5) is 16.8. The number of ether oxygens (including phenoxy) is 3. The second-order valence-electron chi connectivity index (χ2n) is 5.81. The molecule has 0 radical (unpaired) electrons. The first-order chi connectivity index (χ1) is 13.1. The molecule has 1 unspecified atom stereocenters. The van der Waals surface area contributed by atoms with Gasteiger partial charge in [-0.05, 0) is 43.3 Å². The second kappa shape index (κ2) is 7.46. The summed E-state index contributed by atoms with van der Waals surface area (Å²) in [6.07, 6.45) is -0.693. The Kier molecular flexibility index (Phi) is 4.87. The molecular formula is C19H15ClN2O4S. The van der Waals surface area contributed by atoms with E-state index in [0.29, 0.717) is 21.7 Å². The Bertz CT molecular complexity index is 991. The number of carbonyl (C=O) groups excluding carboxylic acids is 1. The van der Waals surface area contributed by atoms with Crippen molar-refractivity contribution in [1.82, 2.24) is 4.98 Å². The van der Waals surface area contributed by atoms with E-state index in [9.17, 15) is 4.79 Å². The molecule has 3 aromatic rings. The zero-order chi connectivity index (χ0) is 18.8. The Balaban J connectivity index is 1.42. The van der Waals surface area contributed by atoms with Crippen LogP contribution in [-0.4, -0.2) is 23.8 Å². The van der Waals surface area contributed by atoms with Crippen molar-refractivity contribution in [2.45, 2.75) is 13.0 Å². The van der Waals surface area contributed by atoms with Crippen molar-refractivity contribution in [3.63, 3.8) is 0 Å². The van der Waals surface area contributed by atoms with Crippen molar-refractivity contribution in [1.29, 1.82) is 0 Å². The van der Waals surface area contributed by atoms with Crippen LogP contribution in [0.15, 0.2) is 47.8 Å². The molecule has 1 aliphatic rings. The molecule has 0 fully saturated rings. The van der Waals surface area contributed by atoms with Gasteiger partial charge in [-0.25, -0.2) is 4.98 Å². The molecule has 4 rings (SSSR count). The molecule has 138 valence electrons. The van der Waals surface area contributed by atoms with Gasteiger partial charge < -0.3 is 14.2 Å². The predicted octanol–water partition coefficient (Wildman–Crippen LogP) is 4.60. The van der Waals surface area contributed by atoms with Gasteiger partial charge in [0, 0.05) is 16.0 Å². The van der Waals surface area contributed by atoms with Gasteiger partial charge in [0.15, 0.2) is 22.7 Å². The number of hydrogen-bond acceptors (Lipinski definition) is 6. The molecular weight excluding hydrogens is 388 g/mol. The van der Waals surface area contributed by atoms with Crippen LogP contribution in [0.2, 0.25) is 5.02 Å². The maximum absolute atomic E-state index is 12.4. The van der Waals surface area contributed by atoms with E-state index in [0.717, 1.165) is 17.0 Å². The fraction of sp³-hybridized carbons (Fsp3) is 0.158. The summed E-state index contributed by atoms with van der Waals surface area (Å²) in [5.74, 6) is 1.65. The maximum atomic E-state index is 12.4. The molecule has 0 saturated heterocycles. The van der Waals surface area contributed by atoms with Crippen LogP contribution in [0.1, 0.15) is 6.92 Å². The van der Waals surface area contributed by atoms with Gasteiger partial charge in [0.2, 0.25) is 6.79 Å². The molecule has 8 heteroatoms. The van der Waals surface area contributed by atoms with Crippen LogP contribution in [0.4, 0.5) is 5.13 Å². The molecule has 1 aliphatic heterocycles. The summed E-state index contributed by atoms with van der Waals surface area (Å²) in [6, 6.07) is 12.5. The lowest BCUT2D eigenvalue weighted by molar-refractivity contribution is -0.122. The standard InChI is InChI=1S/C19H15ClN2O4S/c1-11(26-14-4-2-3-13(20)8-14)18(23)22-19-21-15(9-27-19)12-5-6-16-17(7-12)25-10-24-16/h2-9,11H,10H2,1H3,(H,21,22,23). The summed E-state index contributed by atoms with van der Waals surface area (Å²) >= 11 is 7.27. The van der Waals surface area contributed by atoms with Crippen molar-refractivity contribution >= 4 is 34.0 Å². The summed E-state index contributed by atoms with van der Waals surface area (Å²) in [5.41, 5.74) is 1.64. The second-order valence-corrected chi connectivity index (χ2v) is 7.11. The number of fused-ring (bicyclic) bond motifs is 1. The van der Waals surface area contributed by atoms with E-state index in [1.165, 1.54) is 11.3 Å². The first kappa shape index (κ1) is 17.6. The quantitative estimate of drug-likeness (QED) is 0.675. The fourth-order valence-electron chi connectivity index (χ4n) is 2.52. The molecule has 27 heavy (non-hydrogen) atoms. The molecule has 2 aromatic carbocycles. The van der Waals surface area contributed by atoms with Crippen LogP contribution in [0.3, 0.4) is 0 Å². The molecule has 0 saturated carbocycles. The van der Waals surface area contributed by atoms with Gasteiger partial charge in [0.25, 0.3) is 5.91 Å². The van der Waals surface area contributed by atoms with E-state index in [1.54, 1.807) is 31.2 Å². The number of anilines is 1. The third-order valence-corrected chi connectivity index (χ3v) is 4.87. The van der Waals surface area contributed by atoms with Gasteiger partial charge in [-0.3, -0.25) is 10.1 Å². The molecule has 0 bridgehead atoms. The smallest absolute Gasteiger partial charge is 0.266 e. The lowest BCUT2D eigenvalue weighted by Crippen LogP contribution is -2.30.